The molecule has 0 saturated carbocycles. The molecular formula is C17H17FN2O. The number of rotatable bonds is 4. The largest absolute Gasteiger partial charge is 0.389 e. The van der Waals surface area contributed by atoms with Crippen molar-refractivity contribution in [1.82, 2.24) is 0 Å². The van der Waals surface area contributed by atoms with Gasteiger partial charge in [-0.15, -0.1) is 0 Å². The van der Waals surface area contributed by atoms with Crippen LogP contribution in [-0.2, 0) is 0 Å². The van der Waals surface area contributed by atoms with Crippen LogP contribution in [0, 0.1) is 17.1 Å². The van der Waals surface area contributed by atoms with Crippen molar-refractivity contribution in [2.45, 2.75) is 20.0 Å². The van der Waals surface area contributed by atoms with E-state index < -0.39 is 6.10 Å². The highest BCUT2D eigenvalue weighted by Crippen LogP contribution is 2.34. The van der Waals surface area contributed by atoms with E-state index in [1.165, 1.54) is 6.07 Å². The van der Waals surface area contributed by atoms with Crippen molar-refractivity contribution < 1.29 is 9.50 Å². The van der Waals surface area contributed by atoms with Gasteiger partial charge in [0, 0.05) is 17.8 Å². The molecular weight excluding hydrogens is 267 g/mol. The van der Waals surface area contributed by atoms with E-state index in [4.69, 9.17) is 5.26 Å². The lowest BCUT2D eigenvalue weighted by Crippen LogP contribution is -2.19. The highest BCUT2D eigenvalue weighted by atomic mass is 19.1. The summed E-state index contributed by atoms with van der Waals surface area (Å²) >= 11 is 0. The zero-order valence-electron chi connectivity index (χ0n) is 12.0. The third-order valence-corrected chi connectivity index (χ3v) is 3.36. The minimum absolute atomic E-state index is 0.335. The van der Waals surface area contributed by atoms with Gasteiger partial charge in [0.1, 0.15) is 5.82 Å². The first-order chi connectivity index (χ1) is 10.1. The van der Waals surface area contributed by atoms with Crippen LogP contribution < -0.4 is 4.90 Å². The zero-order valence-corrected chi connectivity index (χ0v) is 12.0. The Morgan fingerprint density at radius 2 is 1.95 bits per heavy atom. The van der Waals surface area contributed by atoms with Crippen LogP contribution in [0.2, 0.25) is 0 Å². The molecule has 2 rings (SSSR count). The number of hydrogen-bond acceptors (Lipinski definition) is 3. The molecule has 0 amide bonds. The summed E-state index contributed by atoms with van der Waals surface area (Å²) in [5.41, 5.74) is 2.22. The van der Waals surface area contributed by atoms with Crippen LogP contribution in [0.1, 0.15) is 31.1 Å². The molecule has 0 radical (unpaired) electrons. The fourth-order valence-electron chi connectivity index (χ4n) is 2.34. The summed E-state index contributed by atoms with van der Waals surface area (Å²) in [6, 6.07) is 13.6. The number of hydrogen-bond donors (Lipinski definition) is 1. The van der Waals surface area contributed by atoms with E-state index >= 15 is 0 Å². The van der Waals surface area contributed by atoms with Crippen LogP contribution in [0.15, 0.2) is 42.5 Å². The number of aliphatic hydroxyl groups excluding tert-OH is 1. The number of benzene rings is 2. The van der Waals surface area contributed by atoms with E-state index in [-0.39, 0.29) is 5.82 Å². The van der Waals surface area contributed by atoms with Crippen LogP contribution in [0.4, 0.5) is 15.8 Å². The van der Waals surface area contributed by atoms with Gasteiger partial charge in [0.15, 0.2) is 0 Å². The second-order valence-electron chi connectivity index (χ2n) is 4.76. The molecule has 21 heavy (non-hydrogen) atoms. The first-order valence-electron chi connectivity index (χ1n) is 6.82. The summed E-state index contributed by atoms with van der Waals surface area (Å²) in [6.07, 6.45) is -0.700. The predicted octanol–water partition coefficient (Wildman–Crippen LogP) is 3.91. The van der Waals surface area contributed by atoms with Crippen molar-refractivity contribution in [2.24, 2.45) is 0 Å². The number of aliphatic hydroxyl groups is 1. The molecule has 2 aromatic carbocycles. The van der Waals surface area contributed by atoms with E-state index in [2.05, 4.69) is 6.07 Å². The van der Waals surface area contributed by atoms with Crippen LogP contribution in [0.25, 0.3) is 0 Å². The molecule has 1 atom stereocenters. The second kappa shape index (κ2) is 6.38. The predicted molar refractivity (Wildman–Crippen MR) is 80.9 cm³/mol. The Bertz CT molecular complexity index is 677. The molecule has 1 N–H and O–H groups in total. The Morgan fingerprint density at radius 3 is 2.52 bits per heavy atom. The summed E-state index contributed by atoms with van der Waals surface area (Å²) < 4.78 is 14.1. The quantitative estimate of drug-likeness (QED) is 0.926. The third-order valence-electron chi connectivity index (χ3n) is 3.36. The minimum atomic E-state index is -0.700. The van der Waals surface area contributed by atoms with E-state index in [1.807, 2.05) is 6.92 Å². The molecule has 0 aliphatic carbocycles. The third kappa shape index (κ3) is 3.04. The zero-order chi connectivity index (χ0) is 15.4. The van der Waals surface area contributed by atoms with Crippen LogP contribution in [-0.4, -0.2) is 11.7 Å². The number of nitrogens with zero attached hydrogens (tertiary/aromatic N) is 2. The van der Waals surface area contributed by atoms with Gasteiger partial charge in [-0.25, -0.2) is 4.39 Å². The van der Waals surface area contributed by atoms with Gasteiger partial charge in [-0.1, -0.05) is 18.2 Å². The summed E-state index contributed by atoms with van der Waals surface area (Å²) in [7, 11) is 0. The molecule has 3 nitrogen and oxygen atoms in total. The normalized spacial score (nSPS) is 11.8. The Labute approximate surface area is 123 Å². The van der Waals surface area contributed by atoms with Gasteiger partial charge in [-0.3, -0.25) is 0 Å². The van der Waals surface area contributed by atoms with Gasteiger partial charge in [-0.05, 0) is 38.1 Å². The smallest absolute Gasteiger partial charge is 0.146 e. The van der Waals surface area contributed by atoms with E-state index in [1.54, 1.807) is 48.2 Å². The van der Waals surface area contributed by atoms with Gasteiger partial charge in [0.2, 0.25) is 0 Å². The standard InChI is InChI=1S/C17H17FN2O/c1-3-20(16-7-5-4-6-15(16)18)17-10-13(11-19)8-9-14(17)12(2)21/h4-10,12,21H,3H2,1-2H3/t12-/m1/s1. The number of anilines is 2. The maximum atomic E-state index is 14.1. The molecule has 4 heteroatoms. The Hall–Kier alpha value is -2.38. The van der Waals surface area contributed by atoms with Gasteiger partial charge < -0.3 is 10.0 Å². The van der Waals surface area contributed by atoms with Crippen LogP contribution in [0.5, 0.6) is 0 Å². The maximum absolute atomic E-state index is 14.1. The van der Waals surface area contributed by atoms with E-state index in [9.17, 15) is 9.50 Å². The Balaban J connectivity index is 2.61. The maximum Gasteiger partial charge on any atom is 0.146 e. The van der Waals surface area contributed by atoms with Crippen molar-refractivity contribution in [1.29, 1.82) is 5.26 Å². The molecule has 0 aliphatic heterocycles. The first kappa shape index (κ1) is 15.0. The molecule has 0 saturated heterocycles. The summed E-state index contributed by atoms with van der Waals surface area (Å²) in [6.45, 7) is 4.08. The summed E-state index contributed by atoms with van der Waals surface area (Å²) in [5.74, 6) is -0.335. The Kier molecular flexibility index (Phi) is 4.56. The first-order valence-corrected chi connectivity index (χ1v) is 6.82. The minimum Gasteiger partial charge on any atom is -0.389 e. The highest BCUT2D eigenvalue weighted by Gasteiger charge is 2.18. The van der Waals surface area contributed by atoms with Gasteiger partial charge in [-0.2, -0.15) is 5.26 Å². The average Bonchev–Trinajstić information content (AvgIpc) is 2.49. The average molecular weight is 284 g/mol. The van der Waals surface area contributed by atoms with Gasteiger partial charge in [0.05, 0.1) is 23.4 Å². The van der Waals surface area contributed by atoms with Crippen molar-refractivity contribution >= 4 is 11.4 Å². The number of nitriles is 1. The van der Waals surface area contributed by atoms with Gasteiger partial charge >= 0.3 is 0 Å². The molecule has 0 unspecified atom stereocenters. The van der Waals surface area contributed by atoms with Crippen LogP contribution in [0.3, 0.4) is 0 Å². The molecule has 0 aromatic heterocycles. The van der Waals surface area contributed by atoms with E-state index in [0.29, 0.717) is 29.0 Å². The monoisotopic (exact) mass is 284 g/mol. The van der Waals surface area contributed by atoms with Crippen molar-refractivity contribution in [3.63, 3.8) is 0 Å². The molecule has 108 valence electrons. The molecule has 2 aromatic rings. The highest BCUT2D eigenvalue weighted by molar-refractivity contribution is 5.69. The molecule has 0 aliphatic rings. The number of halogens is 1. The molecule has 0 fully saturated rings. The second-order valence-corrected chi connectivity index (χ2v) is 4.76. The van der Waals surface area contributed by atoms with Crippen molar-refractivity contribution in [3.8, 4) is 6.07 Å². The lowest BCUT2D eigenvalue weighted by molar-refractivity contribution is 0.199. The SMILES string of the molecule is CCN(c1ccccc1F)c1cc(C#N)ccc1[C@@H](C)O. The summed E-state index contributed by atoms with van der Waals surface area (Å²) in [5, 5.41) is 19.0. The van der Waals surface area contributed by atoms with Crippen molar-refractivity contribution in [3.05, 3.63) is 59.4 Å². The Morgan fingerprint density at radius 1 is 1.24 bits per heavy atom. The lowest BCUT2D eigenvalue weighted by Gasteiger charge is -2.27. The molecule has 0 heterocycles. The fraction of sp³-hybridized carbons (Fsp3) is 0.235. The number of para-hydroxylation sites is 1. The lowest BCUT2D eigenvalue weighted by atomic mass is 10.0. The summed E-state index contributed by atoms with van der Waals surface area (Å²) in [4.78, 5) is 1.76. The fourth-order valence-corrected chi connectivity index (χ4v) is 2.34. The van der Waals surface area contributed by atoms with Gasteiger partial charge in [0.25, 0.3) is 0 Å². The van der Waals surface area contributed by atoms with Crippen molar-refractivity contribution in [2.75, 3.05) is 11.4 Å². The molecule has 0 bridgehead atoms. The topological polar surface area (TPSA) is 47.3 Å². The van der Waals surface area contributed by atoms with Crippen LogP contribution >= 0.6 is 0 Å². The van der Waals surface area contributed by atoms with E-state index in [0.717, 1.165) is 0 Å². The molecule has 0 spiro atoms.